The van der Waals surface area contributed by atoms with Gasteiger partial charge >= 0.3 is 5.97 Å². The van der Waals surface area contributed by atoms with E-state index in [-0.39, 0.29) is 5.69 Å². The Labute approximate surface area is 143 Å². The number of methoxy groups -OCH3 is 1. The number of aliphatic hydroxyl groups is 1. The fourth-order valence-corrected chi connectivity index (χ4v) is 2.62. The van der Waals surface area contributed by atoms with E-state index in [0.717, 1.165) is 22.4 Å². The van der Waals surface area contributed by atoms with Crippen LogP contribution < -0.4 is 5.32 Å². The van der Waals surface area contributed by atoms with Crippen LogP contribution in [-0.4, -0.2) is 34.1 Å². The number of aliphatic hydroxyl groups excluding tert-OH is 1. The summed E-state index contributed by atoms with van der Waals surface area (Å²) < 4.78 is 4.45. The van der Waals surface area contributed by atoms with Crippen molar-refractivity contribution in [3.05, 3.63) is 54.0 Å². The zero-order valence-electron chi connectivity index (χ0n) is 13.7. The molecule has 3 rings (SSSR count). The molecule has 0 spiro atoms. The number of carbonyl (C=O) groups excluding carboxylic acids is 2. The SMILES string of the molecule is COC(=O)/C=C\NC(=O)c1cc2c([nH]c3ccccc32)c([C@@H](C)O)n1. The molecule has 1 atom stereocenters. The van der Waals surface area contributed by atoms with Crippen LogP contribution in [0.25, 0.3) is 21.8 Å². The summed E-state index contributed by atoms with van der Waals surface area (Å²) in [4.78, 5) is 30.9. The van der Waals surface area contributed by atoms with Crippen LogP contribution in [0.1, 0.15) is 29.2 Å². The molecule has 7 nitrogen and oxygen atoms in total. The molecule has 0 saturated carbocycles. The summed E-state index contributed by atoms with van der Waals surface area (Å²) in [5.41, 5.74) is 2.11. The van der Waals surface area contributed by atoms with Crippen LogP contribution in [0, 0.1) is 0 Å². The lowest BCUT2D eigenvalue weighted by Crippen LogP contribution is -2.20. The zero-order chi connectivity index (χ0) is 18.0. The van der Waals surface area contributed by atoms with Crippen molar-refractivity contribution in [3.63, 3.8) is 0 Å². The summed E-state index contributed by atoms with van der Waals surface area (Å²) in [7, 11) is 1.25. The summed E-state index contributed by atoms with van der Waals surface area (Å²) in [6, 6.07) is 9.30. The molecule has 0 fully saturated rings. The van der Waals surface area contributed by atoms with Crippen molar-refractivity contribution in [3.8, 4) is 0 Å². The maximum absolute atomic E-state index is 12.3. The monoisotopic (exact) mass is 339 g/mol. The Morgan fingerprint density at radius 2 is 2.08 bits per heavy atom. The van der Waals surface area contributed by atoms with Gasteiger partial charge in [0.25, 0.3) is 5.91 Å². The number of rotatable bonds is 4. The van der Waals surface area contributed by atoms with Crippen LogP contribution in [-0.2, 0) is 9.53 Å². The van der Waals surface area contributed by atoms with Crippen molar-refractivity contribution in [2.45, 2.75) is 13.0 Å². The molecule has 128 valence electrons. The first-order chi connectivity index (χ1) is 12.0. The molecule has 2 aromatic heterocycles. The Morgan fingerprint density at radius 3 is 2.80 bits per heavy atom. The van der Waals surface area contributed by atoms with Crippen LogP contribution in [0.3, 0.4) is 0 Å². The van der Waals surface area contributed by atoms with Gasteiger partial charge in [-0.15, -0.1) is 0 Å². The van der Waals surface area contributed by atoms with E-state index in [2.05, 4.69) is 20.0 Å². The second kappa shape index (κ2) is 6.74. The number of aromatic amines is 1. The van der Waals surface area contributed by atoms with Gasteiger partial charge in [0.15, 0.2) is 0 Å². The number of hydrogen-bond acceptors (Lipinski definition) is 5. The first kappa shape index (κ1) is 16.7. The minimum absolute atomic E-state index is 0.141. The summed E-state index contributed by atoms with van der Waals surface area (Å²) in [6.45, 7) is 1.59. The van der Waals surface area contributed by atoms with Gasteiger partial charge in [-0.05, 0) is 19.1 Å². The summed E-state index contributed by atoms with van der Waals surface area (Å²) in [6.07, 6.45) is 1.43. The standard InChI is InChI=1S/C18H17N3O4/c1-10(22)16-17-12(11-5-3-4-6-13(11)20-17)9-14(21-16)18(24)19-8-7-15(23)25-2/h3-10,20,22H,1-2H3,(H,19,24)/b8-7-/t10-/m1/s1. The Hall–Kier alpha value is -3.19. The lowest BCUT2D eigenvalue weighted by atomic mass is 10.1. The van der Waals surface area contributed by atoms with E-state index in [1.165, 1.54) is 13.3 Å². The Bertz CT molecular complexity index is 989. The molecule has 0 saturated heterocycles. The van der Waals surface area contributed by atoms with Crippen LogP contribution in [0.4, 0.5) is 0 Å². The van der Waals surface area contributed by atoms with Gasteiger partial charge in [0, 0.05) is 28.6 Å². The topological polar surface area (TPSA) is 104 Å². The molecule has 3 aromatic rings. The highest BCUT2D eigenvalue weighted by molar-refractivity contribution is 6.10. The number of hydrogen-bond donors (Lipinski definition) is 3. The molecular formula is C18H17N3O4. The van der Waals surface area contributed by atoms with E-state index < -0.39 is 18.0 Å². The highest BCUT2D eigenvalue weighted by Gasteiger charge is 2.17. The van der Waals surface area contributed by atoms with Gasteiger partial charge < -0.3 is 20.1 Å². The fourth-order valence-electron chi connectivity index (χ4n) is 2.62. The molecule has 0 aliphatic heterocycles. The Kier molecular flexibility index (Phi) is 4.49. The zero-order valence-corrected chi connectivity index (χ0v) is 13.7. The van der Waals surface area contributed by atoms with E-state index in [0.29, 0.717) is 11.2 Å². The molecule has 0 aliphatic carbocycles. The molecule has 0 unspecified atom stereocenters. The molecule has 7 heteroatoms. The highest BCUT2D eigenvalue weighted by atomic mass is 16.5. The van der Waals surface area contributed by atoms with Crippen molar-refractivity contribution < 1.29 is 19.4 Å². The van der Waals surface area contributed by atoms with Gasteiger partial charge in [0.2, 0.25) is 0 Å². The predicted octanol–water partition coefficient (Wildman–Crippen LogP) is 2.19. The van der Waals surface area contributed by atoms with Gasteiger partial charge in [-0.2, -0.15) is 0 Å². The molecule has 3 N–H and O–H groups in total. The highest BCUT2D eigenvalue weighted by Crippen LogP contribution is 2.30. The number of amides is 1. The molecule has 25 heavy (non-hydrogen) atoms. The Balaban J connectivity index is 2.06. The van der Waals surface area contributed by atoms with Gasteiger partial charge in [0.05, 0.1) is 24.4 Å². The summed E-state index contributed by atoms with van der Waals surface area (Å²) in [5, 5.41) is 14.2. The number of aromatic nitrogens is 2. The first-order valence-corrected chi connectivity index (χ1v) is 7.66. The van der Waals surface area contributed by atoms with Crippen molar-refractivity contribution in [2.75, 3.05) is 7.11 Å². The van der Waals surface area contributed by atoms with Gasteiger partial charge in [-0.1, -0.05) is 18.2 Å². The minimum Gasteiger partial charge on any atom is -0.466 e. The number of para-hydroxylation sites is 1. The summed E-state index contributed by atoms with van der Waals surface area (Å²) >= 11 is 0. The van der Waals surface area contributed by atoms with Crippen molar-refractivity contribution in [2.24, 2.45) is 0 Å². The van der Waals surface area contributed by atoms with E-state index in [4.69, 9.17) is 0 Å². The molecule has 2 heterocycles. The third kappa shape index (κ3) is 3.22. The van der Waals surface area contributed by atoms with E-state index in [1.807, 2.05) is 24.3 Å². The van der Waals surface area contributed by atoms with Crippen LogP contribution >= 0.6 is 0 Å². The number of nitrogens with one attached hydrogen (secondary N) is 2. The molecule has 0 aliphatic rings. The number of pyridine rings is 1. The number of carbonyl (C=O) groups is 2. The molecule has 1 aromatic carbocycles. The number of nitrogens with zero attached hydrogens (tertiary/aromatic N) is 1. The van der Waals surface area contributed by atoms with Crippen LogP contribution in [0.2, 0.25) is 0 Å². The lowest BCUT2D eigenvalue weighted by molar-refractivity contribution is -0.134. The minimum atomic E-state index is -0.853. The average Bonchev–Trinajstić information content (AvgIpc) is 2.99. The smallest absolute Gasteiger partial charge is 0.331 e. The normalized spacial score (nSPS) is 12.6. The van der Waals surface area contributed by atoms with Gasteiger partial charge in [-0.25, -0.2) is 9.78 Å². The van der Waals surface area contributed by atoms with Crippen molar-refractivity contribution >= 4 is 33.7 Å². The lowest BCUT2D eigenvalue weighted by Gasteiger charge is -2.08. The number of fused-ring (bicyclic) bond motifs is 3. The largest absolute Gasteiger partial charge is 0.466 e. The second-order valence-electron chi connectivity index (χ2n) is 5.49. The first-order valence-electron chi connectivity index (χ1n) is 7.66. The fraction of sp³-hybridized carbons (Fsp3) is 0.167. The third-order valence-corrected chi connectivity index (χ3v) is 3.79. The molecule has 0 radical (unpaired) electrons. The van der Waals surface area contributed by atoms with Crippen molar-refractivity contribution in [1.82, 2.24) is 15.3 Å². The number of benzene rings is 1. The average molecular weight is 339 g/mol. The van der Waals surface area contributed by atoms with Crippen molar-refractivity contribution in [1.29, 1.82) is 0 Å². The van der Waals surface area contributed by atoms with E-state index in [1.54, 1.807) is 13.0 Å². The number of H-pyrrole nitrogens is 1. The van der Waals surface area contributed by atoms with Crippen LogP contribution in [0.5, 0.6) is 0 Å². The molecule has 0 bridgehead atoms. The van der Waals surface area contributed by atoms with Crippen LogP contribution in [0.15, 0.2) is 42.6 Å². The molecular weight excluding hydrogens is 322 g/mol. The maximum atomic E-state index is 12.3. The number of ether oxygens (including phenoxy) is 1. The van der Waals surface area contributed by atoms with Gasteiger partial charge in [0.1, 0.15) is 5.69 Å². The predicted molar refractivity (Wildman–Crippen MR) is 92.9 cm³/mol. The van der Waals surface area contributed by atoms with Gasteiger partial charge in [-0.3, -0.25) is 4.79 Å². The quantitative estimate of drug-likeness (QED) is 0.499. The third-order valence-electron chi connectivity index (χ3n) is 3.79. The molecule has 1 amide bonds. The number of esters is 1. The van der Waals surface area contributed by atoms with E-state index in [9.17, 15) is 14.7 Å². The second-order valence-corrected chi connectivity index (χ2v) is 5.49. The summed E-state index contributed by atoms with van der Waals surface area (Å²) in [5.74, 6) is -1.07. The van der Waals surface area contributed by atoms with E-state index >= 15 is 0 Å². The maximum Gasteiger partial charge on any atom is 0.331 e. The Morgan fingerprint density at radius 1 is 1.32 bits per heavy atom.